The van der Waals surface area contributed by atoms with Crippen LogP contribution < -0.4 is 0 Å². The summed E-state index contributed by atoms with van der Waals surface area (Å²) in [5, 5.41) is 0. The normalized spacial score (nSPS) is 11.7. The number of nitrogens with one attached hydrogen (secondary N) is 1. The Morgan fingerprint density at radius 2 is 1.44 bits per heavy atom. The third kappa shape index (κ3) is 8.38. The van der Waals surface area contributed by atoms with Crippen LogP contribution in [0.25, 0.3) is 11.0 Å². The molecule has 0 bridgehead atoms. The standard InChI is InChI=1S/C23H36N2/c1-2-3-4-5-6-7-8-9-10-11-12-13-14-15-20-23-24-21-18-16-17-19-22(21)25-23/h9-10,16-19H,2-8,11-15,20H2,1H3,(H,24,25)/b10-9-. The molecule has 1 aromatic heterocycles. The summed E-state index contributed by atoms with van der Waals surface area (Å²) in [7, 11) is 0. The molecule has 0 aliphatic carbocycles. The highest BCUT2D eigenvalue weighted by molar-refractivity contribution is 5.74. The van der Waals surface area contributed by atoms with Gasteiger partial charge in [0.05, 0.1) is 11.0 Å². The second kappa shape index (κ2) is 12.7. The van der Waals surface area contributed by atoms with Crippen molar-refractivity contribution in [1.29, 1.82) is 0 Å². The number of imidazole rings is 1. The first-order valence-electron chi connectivity index (χ1n) is 10.5. The van der Waals surface area contributed by atoms with Gasteiger partial charge < -0.3 is 4.98 Å². The minimum Gasteiger partial charge on any atom is -0.342 e. The molecule has 1 heterocycles. The van der Waals surface area contributed by atoms with Gasteiger partial charge in [-0.15, -0.1) is 0 Å². The molecule has 2 rings (SSSR count). The molecule has 2 aromatic rings. The van der Waals surface area contributed by atoms with E-state index in [-0.39, 0.29) is 0 Å². The largest absolute Gasteiger partial charge is 0.342 e. The van der Waals surface area contributed by atoms with Crippen molar-refractivity contribution in [3.05, 3.63) is 42.2 Å². The number of hydrogen-bond acceptors (Lipinski definition) is 1. The smallest absolute Gasteiger partial charge is 0.107 e. The Hall–Kier alpha value is -1.57. The van der Waals surface area contributed by atoms with Crippen molar-refractivity contribution in [2.75, 3.05) is 0 Å². The Morgan fingerprint density at radius 3 is 2.16 bits per heavy atom. The number of para-hydroxylation sites is 2. The molecule has 138 valence electrons. The first-order chi connectivity index (χ1) is 12.4. The maximum Gasteiger partial charge on any atom is 0.107 e. The molecule has 1 N–H and O–H groups in total. The van der Waals surface area contributed by atoms with Crippen LogP contribution in [0.4, 0.5) is 0 Å². The van der Waals surface area contributed by atoms with Gasteiger partial charge in [-0.2, -0.15) is 0 Å². The number of H-pyrrole nitrogens is 1. The van der Waals surface area contributed by atoms with Gasteiger partial charge in [-0.05, 0) is 44.2 Å². The van der Waals surface area contributed by atoms with Gasteiger partial charge in [0.1, 0.15) is 5.82 Å². The van der Waals surface area contributed by atoms with E-state index in [4.69, 9.17) is 0 Å². The molecule has 0 aliphatic heterocycles. The van der Waals surface area contributed by atoms with Crippen LogP contribution in [0.5, 0.6) is 0 Å². The average Bonchev–Trinajstić information content (AvgIpc) is 3.05. The van der Waals surface area contributed by atoms with Gasteiger partial charge in [0.15, 0.2) is 0 Å². The fourth-order valence-corrected chi connectivity index (χ4v) is 3.31. The first kappa shape index (κ1) is 19.8. The predicted octanol–water partition coefficient (Wildman–Crippen LogP) is 7.36. The SMILES string of the molecule is CCCCCCCC/C=C\CCCCCCc1nc2ccccc2[nH]1. The van der Waals surface area contributed by atoms with Gasteiger partial charge in [-0.3, -0.25) is 0 Å². The fourth-order valence-electron chi connectivity index (χ4n) is 3.31. The van der Waals surface area contributed by atoms with E-state index in [1.54, 1.807) is 0 Å². The number of aryl methyl sites for hydroxylation is 1. The lowest BCUT2D eigenvalue weighted by atomic mass is 10.1. The molecule has 0 aliphatic rings. The molecule has 0 unspecified atom stereocenters. The van der Waals surface area contributed by atoms with Crippen molar-refractivity contribution >= 4 is 11.0 Å². The van der Waals surface area contributed by atoms with Crippen molar-refractivity contribution < 1.29 is 0 Å². The summed E-state index contributed by atoms with van der Waals surface area (Å²) in [5.74, 6) is 1.14. The second-order valence-corrected chi connectivity index (χ2v) is 7.18. The van der Waals surface area contributed by atoms with Gasteiger partial charge in [0.2, 0.25) is 0 Å². The summed E-state index contributed by atoms with van der Waals surface area (Å²) in [5.41, 5.74) is 2.25. The molecule has 0 amide bonds. The van der Waals surface area contributed by atoms with E-state index < -0.39 is 0 Å². The molecule has 0 saturated carbocycles. The fraction of sp³-hybridized carbons (Fsp3) is 0.609. The van der Waals surface area contributed by atoms with Crippen molar-refractivity contribution in [3.8, 4) is 0 Å². The molecule has 0 radical (unpaired) electrons. The number of benzene rings is 1. The maximum atomic E-state index is 4.65. The second-order valence-electron chi connectivity index (χ2n) is 7.18. The van der Waals surface area contributed by atoms with E-state index in [2.05, 4.69) is 47.2 Å². The van der Waals surface area contributed by atoms with Gasteiger partial charge in [0, 0.05) is 6.42 Å². The van der Waals surface area contributed by atoms with Crippen molar-refractivity contribution in [2.45, 2.75) is 90.4 Å². The minimum atomic E-state index is 1.07. The van der Waals surface area contributed by atoms with E-state index >= 15 is 0 Å². The van der Waals surface area contributed by atoms with Crippen LogP contribution in [0.3, 0.4) is 0 Å². The van der Waals surface area contributed by atoms with E-state index in [9.17, 15) is 0 Å². The quantitative estimate of drug-likeness (QED) is 0.282. The summed E-state index contributed by atoms with van der Waals surface area (Å²) >= 11 is 0. The van der Waals surface area contributed by atoms with Crippen molar-refractivity contribution in [2.24, 2.45) is 0 Å². The summed E-state index contributed by atoms with van der Waals surface area (Å²) in [6.07, 6.45) is 22.0. The Kier molecular flexibility index (Phi) is 10.1. The molecular formula is C23H36N2. The van der Waals surface area contributed by atoms with Crippen LogP contribution in [0.15, 0.2) is 36.4 Å². The molecule has 0 spiro atoms. The third-order valence-corrected chi connectivity index (χ3v) is 4.86. The minimum absolute atomic E-state index is 1.07. The maximum absolute atomic E-state index is 4.65. The number of hydrogen-bond donors (Lipinski definition) is 1. The molecule has 1 aromatic carbocycles. The van der Waals surface area contributed by atoms with Crippen LogP contribution >= 0.6 is 0 Å². The van der Waals surface area contributed by atoms with Crippen LogP contribution in [-0.4, -0.2) is 9.97 Å². The van der Waals surface area contributed by atoms with Crippen LogP contribution in [0.2, 0.25) is 0 Å². The van der Waals surface area contributed by atoms with Crippen molar-refractivity contribution in [1.82, 2.24) is 9.97 Å². The summed E-state index contributed by atoms with van der Waals surface area (Å²) in [6.45, 7) is 2.28. The highest BCUT2D eigenvalue weighted by Gasteiger charge is 2.01. The highest BCUT2D eigenvalue weighted by atomic mass is 14.9. The molecule has 2 nitrogen and oxygen atoms in total. The molecular weight excluding hydrogens is 304 g/mol. The number of aromatic amines is 1. The Balaban J connectivity index is 1.41. The third-order valence-electron chi connectivity index (χ3n) is 4.86. The number of unbranched alkanes of at least 4 members (excludes halogenated alkanes) is 10. The first-order valence-corrected chi connectivity index (χ1v) is 10.5. The highest BCUT2D eigenvalue weighted by Crippen LogP contribution is 2.13. The summed E-state index contributed by atoms with van der Waals surface area (Å²) < 4.78 is 0. The van der Waals surface area contributed by atoms with Gasteiger partial charge in [0.25, 0.3) is 0 Å². The van der Waals surface area contributed by atoms with Crippen LogP contribution in [-0.2, 0) is 6.42 Å². The lowest BCUT2D eigenvalue weighted by molar-refractivity contribution is 0.610. The zero-order chi connectivity index (χ0) is 17.6. The molecule has 0 saturated heterocycles. The number of allylic oxidation sites excluding steroid dienone is 2. The lowest BCUT2D eigenvalue weighted by Gasteiger charge is -1.99. The zero-order valence-corrected chi connectivity index (χ0v) is 16.1. The zero-order valence-electron chi connectivity index (χ0n) is 16.1. The van der Waals surface area contributed by atoms with Gasteiger partial charge in [-0.25, -0.2) is 4.98 Å². The van der Waals surface area contributed by atoms with E-state index in [1.165, 1.54) is 77.0 Å². The Morgan fingerprint density at radius 1 is 0.800 bits per heavy atom. The van der Waals surface area contributed by atoms with E-state index in [0.717, 1.165) is 23.3 Å². The lowest BCUT2D eigenvalue weighted by Crippen LogP contribution is -1.88. The monoisotopic (exact) mass is 340 g/mol. The molecule has 0 atom stereocenters. The van der Waals surface area contributed by atoms with Crippen LogP contribution in [0, 0.1) is 0 Å². The van der Waals surface area contributed by atoms with E-state index in [0.29, 0.717) is 0 Å². The van der Waals surface area contributed by atoms with Crippen LogP contribution in [0.1, 0.15) is 89.8 Å². The molecule has 0 fully saturated rings. The van der Waals surface area contributed by atoms with Crippen molar-refractivity contribution in [3.63, 3.8) is 0 Å². The number of fused-ring (bicyclic) bond motifs is 1. The number of aromatic nitrogens is 2. The number of nitrogens with zero attached hydrogens (tertiary/aromatic N) is 1. The Bertz CT molecular complexity index is 564. The summed E-state index contributed by atoms with van der Waals surface area (Å²) in [4.78, 5) is 8.07. The summed E-state index contributed by atoms with van der Waals surface area (Å²) in [6, 6.07) is 8.29. The Labute approximate surface area is 154 Å². The topological polar surface area (TPSA) is 28.7 Å². The van der Waals surface area contributed by atoms with Gasteiger partial charge >= 0.3 is 0 Å². The number of rotatable bonds is 14. The molecule has 2 heteroatoms. The average molecular weight is 341 g/mol. The molecule has 25 heavy (non-hydrogen) atoms. The predicted molar refractivity (Wildman–Crippen MR) is 110 cm³/mol. The van der Waals surface area contributed by atoms with Gasteiger partial charge in [-0.1, -0.05) is 76.2 Å². The van der Waals surface area contributed by atoms with E-state index in [1.807, 2.05) is 6.07 Å².